The van der Waals surface area contributed by atoms with Crippen LogP contribution in [0.2, 0.25) is 10.0 Å². The minimum Gasteiger partial charge on any atom is -0.383 e. The third kappa shape index (κ3) is 4.37. The number of hydrogen-bond donors (Lipinski definition) is 1. The third-order valence-corrected chi connectivity index (χ3v) is 3.83. The molecule has 0 aliphatic rings. The maximum absolute atomic E-state index is 6.16. The number of aromatic nitrogens is 2. The number of halogens is 2. The van der Waals surface area contributed by atoms with Gasteiger partial charge in [-0.1, -0.05) is 29.3 Å². The van der Waals surface area contributed by atoms with Crippen LogP contribution in [0.25, 0.3) is 0 Å². The molecular formula is C15H19Cl2N3O. The normalized spacial score (nSPS) is 12.4. The van der Waals surface area contributed by atoms with Crippen molar-refractivity contribution in [3.63, 3.8) is 0 Å². The van der Waals surface area contributed by atoms with Crippen molar-refractivity contribution in [1.82, 2.24) is 9.55 Å². The lowest BCUT2D eigenvalue weighted by atomic mass is 10.1. The highest BCUT2D eigenvalue weighted by molar-refractivity contribution is 6.35. The summed E-state index contributed by atoms with van der Waals surface area (Å²) in [5.41, 5.74) is 1.07. The summed E-state index contributed by atoms with van der Waals surface area (Å²) in [6.45, 7) is 3.48. The molecular weight excluding hydrogens is 309 g/mol. The lowest BCUT2D eigenvalue weighted by Crippen LogP contribution is -2.16. The van der Waals surface area contributed by atoms with Gasteiger partial charge in [-0.25, -0.2) is 4.98 Å². The van der Waals surface area contributed by atoms with Crippen LogP contribution in [0.15, 0.2) is 30.6 Å². The fourth-order valence-corrected chi connectivity index (χ4v) is 2.66. The van der Waals surface area contributed by atoms with Crippen molar-refractivity contribution >= 4 is 29.2 Å². The number of nitrogens with zero attached hydrogens (tertiary/aromatic N) is 2. The lowest BCUT2D eigenvalue weighted by molar-refractivity contribution is 0.163. The van der Waals surface area contributed by atoms with Gasteiger partial charge in [0.05, 0.1) is 12.6 Å². The predicted molar refractivity (Wildman–Crippen MR) is 87.5 cm³/mol. The van der Waals surface area contributed by atoms with Crippen molar-refractivity contribution < 1.29 is 4.74 Å². The Hall–Kier alpha value is -1.23. The molecule has 4 nitrogen and oxygen atoms in total. The minimum atomic E-state index is 0.235. The highest BCUT2D eigenvalue weighted by Crippen LogP contribution is 2.21. The van der Waals surface area contributed by atoms with Crippen molar-refractivity contribution in [2.45, 2.75) is 19.4 Å². The molecule has 1 N–H and O–H groups in total. The van der Waals surface area contributed by atoms with E-state index in [0.717, 1.165) is 24.5 Å². The molecule has 114 valence electrons. The van der Waals surface area contributed by atoms with Gasteiger partial charge in [0.15, 0.2) is 0 Å². The van der Waals surface area contributed by atoms with Crippen LogP contribution in [0.1, 0.15) is 18.5 Å². The van der Waals surface area contributed by atoms with E-state index in [2.05, 4.69) is 21.8 Å². The third-order valence-electron chi connectivity index (χ3n) is 3.24. The van der Waals surface area contributed by atoms with E-state index in [9.17, 15) is 0 Å². The summed E-state index contributed by atoms with van der Waals surface area (Å²) in [4.78, 5) is 4.33. The average molecular weight is 328 g/mol. The molecule has 1 aromatic carbocycles. The van der Waals surface area contributed by atoms with Crippen LogP contribution in [-0.2, 0) is 11.2 Å². The van der Waals surface area contributed by atoms with E-state index in [4.69, 9.17) is 27.9 Å². The molecule has 0 saturated heterocycles. The first-order valence-corrected chi connectivity index (χ1v) is 7.57. The van der Waals surface area contributed by atoms with E-state index in [1.807, 2.05) is 18.3 Å². The summed E-state index contributed by atoms with van der Waals surface area (Å²) < 4.78 is 7.24. The van der Waals surface area contributed by atoms with Crippen molar-refractivity contribution in [3.05, 3.63) is 46.2 Å². The zero-order chi connectivity index (χ0) is 15.2. The molecule has 0 fully saturated rings. The summed E-state index contributed by atoms with van der Waals surface area (Å²) >= 11 is 12.1. The first-order valence-electron chi connectivity index (χ1n) is 6.81. The lowest BCUT2D eigenvalue weighted by Gasteiger charge is -2.16. The van der Waals surface area contributed by atoms with E-state index in [1.165, 1.54) is 0 Å². The zero-order valence-electron chi connectivity index (χ0n) is 12.1. The molecule has 0 saturated carbocycles. The van der Waals surface area contributed by atoms with Gasteiger partial charge in [0.25, 0.3) is 0 Å². The zero-order valence-corrected chi connectivity index (χ0v) is 13.7. The van der Waals surface area contributed by atoms with Crippen molar-refractivity contribution in [1.29, 1.82) is 0 Å². The molecule has 0 radical (unpaired) electrons. The summed E-state index contributed by atoms with van der Waals surface area (Å²) in [5, 5.41) is 4.68. The number of benzene rings is 1. The van der Waals surface area contributed by atoms with Crippen LogP contribution in [0.3, 0.4) is 0 Å². The van der Waals surface area contributed by atoms with Crippen LogP contribution in [-0.4, -0.2) is 29.8 Å². The molecule has 21 heavy (non-hydrogen) atoms. The summed E-state index contributed by atoms with van der Waals surface area (Å²) in [7, 11) is 1.70. The van der Waals surface area contributed by atoms with Crippen LogP contribution in [0, 0.1) is 0 Å². The number of hydrogen-bond acceptors (Lipinski definition) is 3. The second kappa shape index (κ2) is 7.69. The number of ether oxygens (including phenoxy) is 1. The van der Waals surface area contributed by atoms with Gasteiger partial charge in [0, 0.05) is 36.1 Å². The molecule has 0 aliphatic carbocycles. The van der Waals surface area contributed by atoms with Gasteiger partial charge < -0.3 is 14.6 Å². The van der Waals surface area contributed by atoms with Gasteiger partial charge in [0.1, 0.15) is 0 Å². The van der Waals surface area contributed by atoms with Gasteiger partial charge in [-0.2, -0.15) is 0 Å². The van der Waals surface area contributed by atoms with E-state index < -0.39 is 0 Å². The molecule has 1 unspecified atom stereocenters. The summed E-state index contributed by atoms with van der Waals surface area (Å²) in [5.74, 6) is 0.838. The second-order valence-corrected chi connectivity index (χ2v) is 5.72. The largest absolute Gasteiger partial charge is 0.383 e. The highest BCUT2D eigenvalue weighted by Gasteiger charge is 2.09. The minimum absolute atomic E-state index is 0.235. The number of methoxy groups -OCH3 is 1. The number of imidazole rings is 1. The molecule has 0 spiro atoms. The smallest absolute Gasteiger partial charge is 0.203 e. The van der Waals surface area contributed by atoms with E-state index in [0.29, 0.717) is 16.7 Å². The van der Waals surface area contributed by atoms with E-state index in [1.54, 1.807) is 19.4 Å². The van der Waals surface area contributed by atoms with Crippen LogP contribution in [0.5, 0.6) is 0 Å². The monoisotopic (exact) mass is 327 g/mol. The highest BCUT2D eigenvalue weighted by atomic mass is 35.5. The Bertz CT molecular complexity index is 586. The Kier molecular flexibility index (Phi) is 5.91. The maximum Gasteiger partial charge on any atom is 0.203 e. The summed E-state index contributed by atoms with van der Waals surface area (Å²) in [6.07, 6.45) is 4.53. The Morgan fingerprint density at radius 1 is 1.38 bits per heavy atom. The molecule has 2 aromatic rings. The first kappa shape index (κ1) is 16.1. The topological polar surface area (TPSA) is 39.1 Å². The number of anilines is 1. The van der Waals surface area contributed by atoms with Crippen molar-refractivity contribution in [2.24, 2.45) is 0 Å². The van der Waals surface area contributed by atoms with Crippen molar-refractivity contribution in [3.8, 4) is 0 Å². The van der Waals surface area contributed by atoms with Gasteiger partial charge in [0.2, 0.25) is 5.95 Å². The van der Waals surface area contributed by atoms with Crippen LogP contribution < -0.4 is 5.32 Å². The molecule has 2 rings (SSSR count). The van der Waals surface area contributed by atoms with Gasteiger partial charge in [-0.15, -0.1) is 0 Å². The van der Waals surface area contributed by atoms with Gasteiger partial charge in [-0.05, 0) is 31.0 Å². The fraction of sp³-hybridized carbons (Fsp3) is 0.400. The standard InChI is InChI=1S/C15H19Cl2N3O/c1-11(10-21-2)20-8-7-19-15(20)18-6-5-12-3-4-13(16)9-14(12)17/h3-4,7-9,11H,5-6,10H2,1-2H3,(H,18,19). The molecule has 0 bridgehead atoms. The average Bonchev–Trinajstić information content (AvgIpc) is 2.90. The second-order valence-electron chi connectivity index (χ2n) is 4.87. The number of nitrogens with one attached hydrogen (secondary N) is 1. The fourth-order valence-electron chi connectivity index (χ4n) is 2.16. The maximum atomic E-state index is 6.16. The quantitative estimate of drug-likeness (QED) is 0.833. The Balaban J connectivity index is 1.93. The van der Waals surface area contributed by atoms with Crippen LogP contribution >= 0.6 is 23.2 Å². The number of rotatable bonds is 7. The summed E-state index contributed by atoms with van der Waals surface area (Å²) in [6, 6.07) is 5.80. The van der Waals surface area contributed by atoms with E-state index >= 15 is 0 Å². The molecule has 6 heteroatoms. The van der Waals surface area contributed by atoms with Gasteiger partial charge >= 0.3 is 0 Å². The molecule has 0 aliphatic heterocycles. The Morgan fingerprint density at radius 3 is 2.90 bits per heavy atom. The van der Waals surface area contributed by atoms with E-state index in [-0.39, 0.29) is 6.04 Å². The van der Waals surface area contributed by atoms with Gasteiger partial charge in [-0.3, -0.25) is 0 Å². The predicted octanol–water partition coefficient (Wildman–Crippen LogP) is 4.05. The molecule has 1 aromatic heterocycles. The molecule has 1 heterocycles. The Labute approximate surface area is 135 Å². The molecule has 0 amide bonds. The van der Waals surface area contributed by atoms with Crippen LogP contribution in [0.4, 0.5) is 5.95 Å². The molecule has 1 atom stereocenters. The van der Waals surface area contributed by atoms with Crippen molar-refractivity contribution in [2.75, 3.05) is 25.6 Å². The SMILES string of the molecule is COCC(C)n1ccnc1NCCc1ccc(Cl)cc1Cl. The Morgan fingerprint density at radius 2 is 2.19 bits per heavy atom. The first-order chi connectivity index (χ1) is 10.1.